The van der Waals surface area contributed by atoms with Crippen LogP contribution >= 0.6 is 11.8 Å². The Kier molecular flexibility index (Phi) is 8.31. The van der Waals surface area contributed by atoms with Crippen molar-refractivity contribution in [1.82, 2.24) is 19.6 Å². The van der Waals surface area contributed by atoms with Gasteiger partial charge in [0.15, 0.2) is 5.17 Å². The molecule has 8 nitrogen and oxygen atoms in total. The lowest BCUT2D eigenvalue weighted by atomic mass is 10.0. The lowest BCUT2D eigenvalue weighted by Crippen LogP contribution is -2.46. The van der Waals surface area contributed by atoms with Gasteiger partial charge in [-0.3, -0.25) is 19.2 Å². The summed E-state index contributed by atoms with van der Waals surface area (Å²) in [4.78, 5) is 32.4. The molecular formula is C28H26F6N6O2S. The first-order valence-electron chi connectivity index (χ1n) is 13.2. The van der Waals surface area contributed by atoms with Crippen LogP contribution in [0, 0.1) is 0 Å². The Morgan fingerprint density at radius 1 is 1.09 bits per heavy atom. The molecule has 1 saturated heterocycles. The van der Waals surface area contributed by atoms with Crippen LogP contribution in [0.1, 0.15) is 35.1 Å². The number of carbonyl (C=O) groups is 2. The van der Waals surface area contributed by atoms with E-state index in [1.165, 1.54) is 22.6 Å². The van der Waals surface area contributed by atoms with Gasteiger partial charge in [0.2, 0.25) is 5.91 Å². The number of primary amides is 1. The molecule has 2 aliphatic heterocycles. The number of aromatic nitrogens is 2. The Balaban J connectivity index is 1.29. The highest BCUT2D eigenvalue weighted by Gasteiger charge is 2.38. The first-order chi connectivity index (χ1) is 20.2. The minimum absolute atomic E-state index is 0.113. The topological polar surface area (TPSA) is 96.8 Å². The van der Waals surface area contributed by atoms with E-state index >= 15 is 0 Å². The highest BCUT2D eigenvalue weighted by Crippen LogP contribution is 2.38. The Bertz CT molecular complexity index is 1620. The zero-order valence-corrected chi connectivity index (χ0v) is 23.6. The zero-order chi connectivity index (χ0) is 31.1. The van der Waals surface area contributed by atoms with E-state index in [1.807, 2.05) is 16.8 Å². The third kappa shape index (κ3) is 6.88. The number of hydrogen-bond donors (Lipinski definition) is 1. The van der Waals surface area contributed by atoms with Crippen LogP contribution in [-0.2, 0) is 28.5 Å². The minimum Gasteiger partial charge on any atom is -0.369 e. The van der Waals surface area contributed by atoms with Crippen molar-refractivity contribution >= 4 is 45.7 Å². The lowest BCUT2D eigenvalue weighted by molar-refractivity contribution is -0.143. The number of piperidine rings is 1. The molecule has 0 spiro atoms. The fourth-order valence-electron chi connectivity index (χ4n) is 5.18. The molecule has 0 aliphatic carbocycles. The predicted octanol–water partition coefficient (Wildman–Crippen LogP) is 4.97. The second-order valence-electron chi connectivity index (χ2n) is 10.4. The summed E-state index contributed by atoms with van der Waals surface area (Å²) in [5.74, 6) is -0.765. The molecule has 0 radical (unpaired) electrons. The van der Waals surface area contributed by atoms with Gasteiger partial charge in [-0.05, 0) is 66.1 Å². The first-order valence-corrected chi connectivity index (χ1v) is 14.0. The SMILES string of the molecule is CN(C1=NC(=O)C(=Cc2ccc3c(cnn3Cc3ccc(C(F)(F)F)cc3C(F)(F)F)c2)S1)C1CCN(CC(N)=O)CC1. The molecule has 2 aromatic carbocycles. The van der Waals surface area contributed by atoms with Gasteiger partial charge >= 0.3 is 12.4 Å². The fraction of sp³-hybridized carbons (Fsp3) is 0.357. The molecule has 2 amide bonds. The van der Waals surface area contributed by atoms with Gasteiger partial charge in [-0.2, -0.15) is 36.4 Å². The summed E-state index contributed by atoms with van der Waals surface area (Å²) in [6.07, 6.45) is -5.21. The summed E-state index contributed by atoms with van der Waals surface area (Å²) in [7, 11) is 1.87. The molecule has 0 saturated carbocycles. The molecule has 2 N–H and O–H groups in total. The molecule has 43 heavy (non-hydrogen) atoms. The second-order valence-corrected chi connectivity index (χ2v) is 11.4. The van der Waals surface area contributed by atoms with E-state index in [0.29, 0.717) is 45.7 Å². The number of aliphatic imine (C=N–C) groups is 1. The molecule has 5 rings (SSSR count). The van der Waals surface area contributed by atoms with Gasteiger partial charge < -0.3 is 10.6 Å². The van der Waals surface area contributed by atoms with Crippen LogP contribution < -0.4 is 5.73 Å². The van der Waals surface area contributed by atoms with E-state index in [2.05, 4.69) is 10.1 Å². The summed E-state index contributed by atoms with van der Waals surface area (Å²) in [5, 5.41) is 5.30. The van der Waals surface area contributed by atoms with Crippen LogP contribution in [0.4, 0.5) is 26.3 Å². The molecule has 2 aliphatic rings. The van der Waals surface area contributed by atoms with Crippen LogP contribution in [-0.4, -0.2) is 69.3 Å². The lowest BCUT2D eigenvalue weighted by Gasteiger charge is -2.36. The molecule has 0 bridgehead atoms. The fourth-order valence-corrected chi connectivity index (χ4v) is 6.13. The van der Waals surface area contributed by atoms with Crippen molar-refractivity contribution in [2.45, 2.75) is 37.8 Å². The number of alkyl halides is 6. The van der Waals surface area contributed by atoms with Crippen LogP contribution in [0.3, 0.4) is 0 Å². The number of fused-ring (bicyclic) bond motifs is 1. The zero-order valence-electron chi connectivity index (χ0n) is 22.7. The number of hydrogen-bond acceptors (Lipinski definition) is 6. The number of thioether (sulfide) groups is 1. The summed E-state index contributed by atoms with van der Waals surface area (Å²) < 4.78 is 81.2. The van der Waals surface area contributed by atoms with E-state index < -0.39 is 35.9 Å². The van der Waals surface area contributed by atoms with Crippen LogP contribution in [0.5, 0.6) is 0 Å². The highest BCUT2D eigenvalue weighted by molar-refractivity contribution is 8.18. The Hall–Kier alpha value is -3.85. The van der Waals surface area contributed by atoms with Crippen LogP contribution in [0.15, 0.2) is 52.5 Å². The number of amides is 2. The second kappa shape index (κ2) is 11.7. The number of amidine groups is 1. The molecular weight excluding hydrogens is 598 g/mol. The van der Waals surface area contributed by atoms with Crippen LogP contribution in [0.25, 0.3) is 17.0 Å². The monoisotopic (exact) mass is 624 g/mol. The maximum Gasteiger partial charge on any atom is 0.416 e. The summed E-state index contributed by atoms with van der Waals surface area (Å²) in [6, 6.07) is 6.72. The maximum atomic E-state index is 13.6. The summed E-state index contributed by atoms with van der Waals surface area (Å²) >= 11 is 1.24. The number of nitrogens with zero attached hydrogens (tertiary/aromatic N) is 5. The van der Waals surface area contributed by atoms with E-state index in [4.69, 9.17) is 5.73 Å². The molecule has 3 heterocycles. The minimum atomic E-state index is -4.98. The van der Waals surface area contributed by atoms with Gasteiger partial charge in [0, 0.05) is 31.6 Å². The number of rotatable bonds is 6. The van der Waals surface area contributed by atoms with Crippen molar-refractivity contribution in [3.8, 4) is 0 Å². The first kappa shape index (κ1) is 30.6. The van der Waals surface area contributed by atoms with Gasteiger partial charge in [-0.15, -0.1) is 0 Å². The normalized spacial score (nSPS) is 18.1. The summed E-state index contributed by atoms with van der Waals surface area (Å²) in [5.41, 5.74) is 3.29. The number of nitrogens with two attached hydrogens (primary N) is 1. The van der Waals surface area contributed by atoms with Gasteiger partial charge in [0.05, 0.1) is 40.8 Å². The molecule has 1 fully saturated rings. The number of carbonyl (C=O) groups excluding carboxylic acids is 2. The van der Waals surface area contributed by atoms with E-state index in [0.717, 1.165) is 18.9 Å². The largest absolute Gasteiger partial charge is 0.416 e. The Morgan fingerprint density at radius 3 is 2.47 bits per heavy atom. The molecule has 0 atom stereocenters. The van der Waals surface area contributed by atoms with Gasteiger partial charge in [0.25, 0.3) is 5.91 Å². The Morgan fingerprint density at radius 2 is 1.81 bits per heavy atom. The van der Waals surface area contributed by atoms with Crippen LogP contribution in [0.2, 0.25) is 0 Å². The van der Waals surface area contributed by atoms with Crippen molar-refractivity contribution in [2.75, 3.05) is 26.7 Å². The Labute approximate surface area is 246 Å². The van der Waals surface area contributed by atoms with Gasteiger partial charge in [0.1, 0.15) is 0 Å². The predicted molar refractivity (Wildman–Crippen MR) is 150 cm³/mol. The third-order valence-electron chi connectivity index (χ3n) is 7.42. The molecule has 228 valence electrons. The van der Waals surface area contributed by atoms with Crippen molar-refractivity contribution in [2.24, 2.45) is 10.7 Å². The van der Waals surface area contributed by atoms with Crippen molar-refractivity contribution < 1.29 is 35.9 Å². The van der Waals surface area contributed by atoms with Crippen molar-refractivity contribution in [3.63, 3.8) is 0 Å². The average Bonchev–Trinajstić information content (AvgIpc) is 3.50. The standard InChI is InChI=1S/C28H26F6N6O2S/c1-38(20-6-8-39(9-7-20)15-24(35)41)26-37-25(42)23(43-26)11-16-2-5-22-18(10-16)13-36-40(22)14-17-3-4-19(27(29,30)31)12-21(17)28(32,33)34/h2-5,10-13,20H,6-9,14-15H2,1H3,(H2,35,41). The van der Waals surface area contributed by atoms with Gasteiger partial charge in [-0.25, -0.2) is 0 Å². The quantitative estimate of drug-likeness (QED) is 0.307. The molecule has 15 heteroatoms. The van der Waals surface area contributed by atoms with E-state index in [9.17, 15) is 35.9 Å². The molecule has 0 unspecified atom stereocenters. The smallest absolute Gasteiger partial charge is 0.369 e. The third-order valence-corrected chi connectivity index (χ3v) is 8.50. The number of halogens is 6. The van der Waals surface area contributed by atoms with Crippen molar-refractivity contribution in [1.29, 1.82) is 0 Å². The van der Waals surface area contributed by atoms with Crippen molar-refractivity contribution in [3.05, 3.63) is 69.8 Å². The average molecular weight is 625 g/mol. The number of likely N-dealkylation sites (tertiary alicyclic amines) is 1. The summed E-state index contributed by atoms with van der Waals surface area (Å²) in [6.45, 7) is 1.23. The van der Waals surface area contributed by atoms with E-state index in [-0.39, 0.29) is 30.1 Å². The highest BCUT2D eigenvalue weighted by atomic mass is 32.2. The number of benzene rings is 2. The van der Waals surface area contributed by atoms with E-state index in [1.54, 1.807) is 24.3 Å². The molecule has 3 aromatic rings. The molecule has 1 aromatic heterocycles. The maximum absolute atomic E-state index is 13.6. The van der Waals surface area contributed by atoms with Gasteiger partial charge in [-0.1, -0.05) is 12.1 Å².